The summed E-state index contributed by atoms with van der Waals surface area (Å²) < 4.78 is 5.21. The van der Waals surface area contributed by atoms with Gasteiger partial charge in [-0.3, -0.25) is 4.79 Å². The number of ether oxygens (including phenoxy) is 1. The maximum atomic E-state index is 11.7. The first kappa shape index (κ1) is 17.5. The molecule has 1 heterocycles. The summed E-state index contributed by atoms with van der Waals surface area (Å²) in [6, 6.07) is 3.04. The van der Waals surface area contributed by atoms with Gasteiger partial charge in [-0.2, -0.15) is 0 Å². The summed E-state index contributed by atoms with van der Waals surface area (Å²) in [4.78, 5) is 27.2. The van der Waals surface area contributed by atoms with Crippen molar-refractivity contribution in [1.82, 2.24) is 4.98 Å². The molecule has 0 radical (unpaired) electrons. The number of carbonyl (C=O) groups is 2. The molecule has 0 saturated carbocycles. The first-order valence-electron chi connectivity index (χ1n) is 6.68. The largest absolute Gasteiger partial charge is 0.478 e. The Morgan fingerprint density at radius 2 is 1.95 bits per heavy atom. The number of carboxylic acid groups (broad SMARTS) is 1. The van der Waals surface area contributed by atoms with Gasteiger partial charge >= 0.3 is 11.9 Å². The molecule has 116 valence electrons. The summed E-state index contributed by atoms with van der Waals surface area (Å²) in [6.07, 6.45) is 0. The minimum Gasteiger partial charge on any atom is -0.478 e. The normalized spacial score (nSPS) is 11.5. The van der Waals surface area contributed by atoms with Crippen LogP contribution in [-0.2, 0) is 9.53 Å². The van der Waals surface area contributed by atoms with E-state index in [1.54, 1.807) is 26.8 Å². The van der Waals surface area contributed by atoms with Gasteiger partial charge in [0.25, 0.3) is 0 Å². The Morgan fingerprint density at radius 1 is 1.33 bits per heavy atom. The maximum absolute atomic E-state index is 11.7. The number of rotatable bonds is 5. The Balaban J connectivity index is 2.83. The second-order valence-corrected chi connectivity index (χ2v) is 6.95. The highest BCUT2D eigenvalue weighted by Gasteiger charge is 2.17. The third kappa shape index (κ3) is 6.16. The van der Waals surface area contributed by atoms with Crippen molar-refractivity contribution in [3.8, 4) is 0 Å². The van der Waals surface area contributed by atoms with Gasteiger partial charge in [-0.05, 0) is 38.8 Å². The van der Waals surface area contributed by atoms with Crippen LogP contribution in [0.5, 0.6) is 0 Å². The van der Waals surface area contributed by atoms with Gasteiger partial charge in [0.1, 0.15) is 5.60 Å². The molecule has 0 aromatic carbocycles. The number of hydrogen-bond donors (Lipinski definition) is 1. The van der Waals surface area contributed by atoms with Gasteiger partial charge in [-0.15, -0.1) is 0 Å². The van der Waals surface area contributed by atoms with Crippen LogP contribution in [0.3, 0.4) is 0 Å². The number of pyridine rings is 1. The molecule has 1 N–H and O–H groups in total. The van der Waals surface area contributed by atoms with Crippen LogP contribution >= 0.6 is 11.8 Å². The highest BCUT2D eigenvalue weighted by atomic mass is 32.2. The zero-order chi connectivity index (χ0) is 16.2. The molecule has 0 atom stereocenters. The second kappa shape index (κ2) is 6.93. The SMILES string of the molecule is CC(C)c1cc(C(=O)O)cc(SCC(=O)OC(C)(C)C)n1. The molecule has 0 aliphatic rings. The Morgan fingerprint density at radius 3 is 2.43 bits per heavy atom. The van der Waals surface area contributed by atoms with E-state index in [1.807, 2.05) is 13.8 Å². The molecule has 6 heteroatoms. The van der Waals surface area contributed by atoms with Gasteiger partial charge in [0.2, 0.25) is 0 Å². The number of aromatic carboxylic acids is 1. The summed E-state index contributed by atoms with van der Waals surface area (Å²) in [5, 5.41) is 9.64. The number of esters is 1. The van der Waals surface area contributed by atoms with Crippen molar-refractivity contribution in [1.29, 1.82) is 0 Å². The van der Waals surface area contributed by atoms with Crippen molar-refractivity contribution in [2.24, 2.45) is 0 Å². The van der Waals surface area contributed by atoms with Gasteiger partial charge in [0.05, 0.1) is 16.3 Å². The average molecular weight is 311 g/mol. The average Bonchev–Trinajstić information content (AvgIpc) is 2.33. The number of thioether (sulfide) groups is 1. The molecule has 0 saturated heterocycles. The molecule has 5 nitrogen and oxygen atoms in total. The maximum Gasteiger partial charge on any atom is 0.335 e. The molecule has 21 heavy (non-hydrogen) atoms. The molecule has 1 rings (SSSR count). The van der Waals surface area contributed by atoms with Crippen LogP contribution in [0.4, 0.5) is 0 Å². The second-order valence-electron chi connectivity index (χ2n) is 5.95. The molecule has 0 aliphatic heterocycles. The summed E-state index contributed by atoms with van der Waals surface area (Å²) in [7, 11) is 0. The van der Waals surface area contributed by atoms with Gasteiger partial charge < -0.3 is 9.84 Å². The lowest BCUT2D eigenvalue weighted by molar-refractivity contribution is -0.151. The quantitative estimate of drug-likeness (QED) is 0.664. The highest BCUT2D eigenvalue weighted by molar-refractivity contribution is 7.99. The minimum atomic E-state index is -1.00. The molecule has 0 unspecified atom stereocenters. The Kier molecular flexibility index (Phi) is 5.78. The van der Waals surface area contributed by atoms with Crippen molar-refractivity contribution in [3.05, 3.63) is 23.4 Å². The van der Waals surface area contributed by atoms with Crippen molar-refractivity contribution in [2.75, 3.05) is 5.75 Å². The van der Waals surface area contributed by atoms with Crippen LogP contribution in [-0.4, -0.2) is 33.4 Å². The molecule has 0 bridgehead atoms. The third-order valence-electron chi connectivity index (χ3n) is 2.42. The van der Waals surface area contributed by atoms with Crippen molar-refractivity contribution in [3.63, 3.8) is 0 Å². The number of carboxylic acids is 1. The summed E-state index contributed by atoms with van der Waals surface area (Å²) in [6.45, 7) is 9.29. The fourth-order valence-corrected chi connectivity index (χ4v) is 2.23. The zero-order valence-corrected chi connectivity index (χ0v) is 13.8. The van der Waals surface area contributed by atoms with Crippen molar-refractivity contribution in [2.45, 2.75) is 51.2 Å². The van der Waals surface area contributed by atoms with E-state index in [0.29, 0.717) is 10.7 Å². The van der Waals surface area contributed by atoms with Crippen molar-refractivity contribution < 1.29 is 19.4 Å². The number of aromatic nitrogens is 1. The molecule has 1 aromatic rings. The number of nitrogens with zero attached hydrogens (tertiary/aromatic N) is 1. The van der Waals surface area contributed by atoms with Gasteiger partial charge in [0, 0.05) is 5.69 Å². The highest BCUT2D eigenvalue weighted by Crippen LogP contribution is 2.22. The molecular weight excluding hydrogens is 290 g/mol. The summed E-state index contributed by atoms with van der Waals surface area (Å²) in [5.41, 5.74) is 0.346. The zero-order valence-electron chi connectivity index (χ0n) is 13.0. The van der Waals surface area contributed by atoms with E-state index >= 15 is 0 Å². The predicted molar refractivity (Wildman–Crippen MR) is 81.9 cm³/mol. The monoisotopic (exact) mass is 311 g/mol. The van der Waals surface area contributed by atoms with E-state index in [9.17, 15) is 9.59 Å². The molecular formula is C15H21NO4S. The fraction of sp³-hybridized carbons (Fsp3) is 0.533. The Labute approximate surface area is 129 Å². The smallest absolute Gasteiger partial charge is 0.335 e. The third-order valence-corrected chi connectivity index (χ3v) is 3.30. The Hall–Kier alpha value is -1.56. The fourth-order valence-electron chi connectivity index (χ4n) is 1.52. The standard InChI is InChI=1S/C15H21NO4S/c1-9(2)11-6-10(14(18)19)7-12(16-11)21-8-13(17)20-15(3,4)5/h6-7,9H,8H2,1-5H3,(H,18,19). The molecule has 0 fully saturated rings. The van der Waals surface area contributed by atoms with Crippen LogP contribution in [0.15, 0.2) is 17.2 Å². The lowest BCUT2D eigenvalue weighted by Gasteiger charge is -2.19. The molecule has 0 spiro atoms. The van der Waals surface area contributed by atoms with Crippen LogP contribution in [0.1, 0.15) is 56.6 Å². The first-order valence-corrected chi connectivity index (χ1v) is 7.67. The molecule has 1 aromatic heterocycles. The molecule has 0 aliphatic carbocycles. The van der Waals surface area contributed by atoms with Crippen LogP contribution in [0.2, 0.25) is 0 Å². The van der Waals surface area contributed by atoms with Crippen LogP contribution in [0, 0.1) is 0 Å². The minimum absolute atomic E-state index is 0.102. The van der Waals surface area contributed by atoms with E-state index in [-0.39, 0.29) is 23.2 Å². The summed E-state index contributed by atoms with van der Waals surface area (Å²) in [5.74, 6) is -1.13. The lowest BCUT2D eigenvalue weighted by Crippen LogP contribution is -2.24. The Bertz CT molecular complexity index is 535. The van der Waals surface area contributed by atoms with E-state index in [0.717, 1.165) is 0 Å². The molecule has 0 amide bonds. The van der Waals surface area contributed by atoms with Gasteiger partial charge in [-0.1, -0.05) is 25.6 Å². The van der Waals surface area contributed by atoms with E-state index < -0.39 is 11.6 Å². The van der Waals surface area contributed by atoms with Crippen LogP contribution < -0.4 is 0 Å². The predicted octanol–water partition coefficient (Wildman–Crippen LogP) is 3.34. The van der Waals surface area contributed by atoms with Gasteiger partial charge in [0.15, 0.2) is 0 Å². The van der Waals surface area contributed by atoms with Gasteiger partial charge in [-0.25, -0.2) is 9.78 Å². The topological polar surface area (TPSA) is 76.5 Å². The van der Waals surface area contributed by atoms with E-state index in [1.165, 1.54) is 17.8 Å². The van der Waals surface area contributed by atoms with E-state index in [4.69, 9.17) is 9.84 Å². The number of carbonyl (C=O) groups excluding carboxylic acids is 1. The van der Waals surface area contributed by atoms with Crippen LogP contribution in [0.25, 0.3) is 0 Å². The number of hydrogen-bond acceptors (Lipinski definition) is 5. The first-order chi connectivity index (χ1) is 9.58. The van der Waals surface area contributed by atoms with Crippen molar-refractivity contribution >= 4 is 23.7 Å². The summed E-state index contributed by atoms with van der Waals surface area (Å²) >= 11 is 1.18. The lowest BCUT2D eigenvalue weighted by atomic mass is 10.1. The van der Waals surface area contributed by atoms with E-state index in [2.05, 4.69) is 4.98 Å².